The molecule has 66 valence electrons. The molecular weight excluding hydrogens is 159 g/mol. The van der Waals surface area contributed by atoms with Gasteiger partial charge in [0, 0.05) is 5.31 Å². The molecule has 0 aliphatic rings. The molecule has 0 fully saturated rings. The van der Waals surface area contributed by atoms with Gasteiger partial charge >= 0.3 is 0 Å². The van der Waals surface area contributed by atoms with Gasteiger partial charge in [-0.25, -0.2) is 0 Å². The van der Waals surface area contributed by atoms with Crippen LogP contribution in [0.15, 0.2) is 11.9 Å². The lowest BCUT2D eigenvalue weighted by atomic mass is 10.1. The monoisotopic (exact) mass is 176 g/mol. The van der Waals surface area contributed by atoms with Gasteiger partial charge in [0.15, 0.2) is 0 Å². The molecule has 0 aromatic heterocycles. The van der Waals surface area contributed by atoms with E-state index in [9.17, 15) is 4.57 Å². The minimum absolute atomic E-state index is 0.520. The van der Waals surface area contributed by atoms with Crippen molar-refractivity contribution in [3.05, 3.63) is 11.9 Å². The molecular formula is C8H17O2P. The zero-order valence-corrected chi connectivity index (χ0v) is 8.10. The molecule has 0 saturated carbocycles. The normalized spacial score (nSPS) is 12.9. The molecule has 0 saturated heterocycles. The SMILES string of the molecule is C=C(CCCCCC)[PH](=O)O. The second-order valence-corrected chi connectivity index (χ2v) is 4.04. The molecule has 0 rings (SSSR count). The Kier molecular flexibility index (Phi) is 6.59. The fourth-order valence-electron chi connectivity index (χ4n) is 0.872. The Bertz CT molecular complexity index is 143. The summed E-state index contributed by atoms with van der Waals surface area (Å²) in [5.41, 5.74) is 0. The topological polar surface area (TPSA) is 37.3 Å². The van der Waals surface area contributed by atoms with Crippen molar-refractivity contribution in [3.8, 4) is 0 Å². The first kappa shape index (κ1) is 10.9. The molecule has 1 N–H and O–H groups in total. The zero-order valence-electron chi connectivity index (χ0n) is 7.10. The van der Waals surface area contributed by atoms with Crippen LogP contribution in [-0.4, -0.2) is 4.89 Å². The van der Waals surface area contributed by atoms with Gasteiger partial charge in [0.25, 0.3) is 0 Å². The molecule has 0 aromatic rings. The second-order valence-electron chi connectivity index (χ2n) is 2.72. The van der Waals surface area contributed by atoms with E-state index in [-0.39, 0.29) is 0 Å². The molecule has 0 spiro atoms. The molecule has 1 atom stereocenters. The van der Waals surface area contributed by atoms with Crippen LogP contribution in [0.4, 0.5) is 0 Å². The first-order valence-corrected chi connectivity index (χ1v) is 5.45. The summed E-state index contributed by atoms with van der Waals surface area (Å²) in [4.78, 5) is 8.62. The van der Waals surface area contributed by atoms with Gasteiger partial charge in [0.2, 0.25) is 8.03 Å². The summed E-state index contributed by atoms with van der Waals surface area (Å²) in [6.07, 6.45) is 5.27. The molecule has 1 unspecified atom stereocenters. The first-order valence-electron chi connectivity index (χ1n) is 4.09. The van der Waals surface area contributed by atoms with E-state index in [1.165, 1.54) is 12.8 Å². The smallest absolute Gasteiger partial charge is 0.213 e. The van der Waals surface area contributed by atoms with Crippen LogP contribution < -0.4 is 0 Å². The fraction of sp³-hybridized carbons (Fsp3) is 0.750. The van der Waals surface area contributed by atoms with Crippen LogP contribution in [-0.2, 0) is 4.57 Å². The van der Waals surface area contributed by atoms with E-state index in [0.717, 1.165) is 12.8 Å². The number of unbranched alkanes of at least 4 members (excludes halogenated alkanes) is 3. The van der Waals surface area contributed by atoms with E-state index in [1.54, 1.807) is 0 Å². The Morgan fingerprint density at radius 1 is 1.45 bits per heavy atom. The molecule has 3 heteroatoms. The van der Waals surface area contributed by atoms with Crippen LogP contribution in [0.3, 0.4) is 0 Å². The van der Waals surface area contributed by atoms with Crippen molar-refractivity contribution in [2.24, 2.45) is 0 Å². The van der Waals surface area contributed by atoms with Crippen molar-refractivity contribution in [1.29, 1.82) is 0 Å². The van der Waals surface area contributed by atoms with Crippen LogP contribution in [0.25, 0.3) is 0 Å². The van der Waals surface area contributed by atoms with Gasteiger partial charge in [-0.2, -0.15) is 0 Å². The predicted molar refractivity (Wildman–Crippen MR) is 49.1 cm³/mol. The van der Waals surface area contributed by atoms with Crippen molar-refractivity contribution in [2.45, 2.75) is 39.0 Å². The van der Waals surface area contributed by atoms with Crippen molar-refractivity contribution in [3.63, 3.8) is 0 Å². The number of hydrogen-bond acceptors (Lipinski definition) is 1. The lowest BCUT2D eigenvalue weighted by Crippen LogP contribution is -1.78. The number of rotatable bonds is 6. The molecule has 0 aromatic carbocycles. The van der Waals surface area contributed by atoms with Crippen molar-refractivity contribution in [1.82, 2.24) is 0 Å². The summed E-state index contributed by atoms with van der Waals surface area (Å²) in [7, 11) is -2.44. The minimum atomic E-state index is -2.44. The van der Waals surface area contributed by atoms with Crippen LogP contribution in [0, 0.1) is 0 Å². The Hall–Kier alpha value is -0.0700. The molecule has 0 amide bonds. The third kappa shape index (κ3) is 6.33. The van der Waals surface area contributed by atoms with E-state index in [2.05, 4.69) is 13.5 Å². The van der Waals surface area contributed by atoms with E-state index in [0.29, 0.717) is 11.7 Å². The highest BCUT2D eigenvalue weighted by Gasteiger charge is 1.98. The summed E-state index contributed by atoms with van der Waals surface area (Å²) in [5.74, 6) is 0. The van der Waals surface area contributed by atoms with Crippen molar-refractivity contribution >= 4 is 8.03 Å². The van der Waals surface area contributed by atoms with Gasteiger partial charge < -0.3 is 4.89 Å². The average molecular weight is 176 g/mol. The summed E-state index contributed by atoms with van der Waals surface area (Å²) < 4.78 is 10.4. The molecule has 0 aliphatic heterocycles. The average Bonchev–Trinajstić information content (AvgIpc) is 1.97. The van der Waals surface area contributed by atoms with Crippen LogP contribution in [0.5, 0.6) is 0 Å². The molecule has 0 aliphatic carbocycles. The van der Waals surface area contributed by atoms with Gasteiger partial charge in [-0.1, -0.05) is 32.8 Å². The molecule has 11 heavy (non-hydrogen) atoms. The van der Waals surface area contributed by atoms with Crippen LogP contribution in [0.1, 0.15) is 39.0 Å². The number of allylic oxidation sites excluding steroid dienone is 1. The van der Waals surface area contributed by atoms with Gasteiger partial charge in [-0.15, -0.1) is 0 Å². The first-order chi connectivity index (χ1) is 5.18. The predicted octanol–water partition coefficient (Wildman–Crippen LogP) is 2.94. The maximum Gasteiger partial charge on any atom is 0.213 e. The second kappa shape index (κ2) is 6.63. The van der Waals surface area contributed by atoms with Crippen molar-refractivity contribution < 1.29 is 9.46 Å². The minimum Gasteiger partial charge on any atom is -0.343 e. The Labute approximate surface area is 69.2 Å². The summed E-state index contributed by atoms with van der Waals surface area (Å²) in [6, 6.07) is 0. The van der Waals surface area contributed by atoms with Crippen LogP contribution >= 0.6 is 8.03 Å². The third-order valence-electron chi connectivity index (χ3n) is 1.63. The van der Waals surface area contributed by atoms with Crippen LogP contribution in [0.2, 0.25) is 0 Å². The standard InChI is InChI=1S/C8H17O2P/c1-3-4-5-6-7-8(2)11(9)10/h11H,2-7H2,1H3,(H,9,10). The highest BCUT2D eigenvalue weighted by molar-refractivity contribution is 7.43. The summed E-state index contributed by atoms with van der Waals surface area (Å²) in [5, 5.41) is 0.520. The zero-order chi connectivity index (χ0) is 8.69. The van der Waals surface area contributed by atoms with E-state index in [1.807, 2.05) is 0 Å². The molecule has 0 bridgehead atoms. The van der Waals surface area contributed by atoms with Crippen molar-refractivity contribution in [2.75, 3.05) is 0 Å². The molecule has 0 radical (unpaired) electrons. The van der Waals surface area contributed by atoms with Gasteiger partial charge in [-0.3, -0.25) is 4.57 Å². The maximum absolute atomic E-state index is 10.4. The largest absolute Gasteiger partial charge is 0.343 e. The van der Waals surface area contributed by atoms with Gasteiger partial charge in [-0.05, 0) is 12.8 Å². The number of hydrogen-bond donors (Lipinski definition) is 1. The van der Waals surface area contributed by atoms with E-state index in [4.69, 9.17) is 4.89 Å². The summed E-state index contributed by atoms with van der Waals surface area (Å²) in [6.45, 7) is 5.68. The molecule has 0 heterocycles. The lowest BCUT2D eigenvalue weighted by Gasteiger charge is -1.99. The third-order valence-corrected chi connectivity index (χ3v) is 2.49. The quantitative estimate of drug-likeness (QED) is 0.499. The van der Waals surface area contributed by atoms with Gasteiger partial charge in [0.05, 0.1) is 0 Å². The highest BCUT2D eigenvalue weighted by atomic mass is 31.1. The highest BCUT2D eigenvalue weighted by Crippen LogP contribution is 2.29. The summed E-state index contributed by atoms with van der Waals surface area (Å²) >= 11 is 0. The lowest BCUT2D eigenvalue weighted by molar-refractivity contribution is 0.507. The van der Waals surface area contributed by atoms with E-state index < -0.39 is 8.03 Å². The van der Waals surface area contributed by atoms with E-state index >= 15 is 0 Å². The maximum atomic E-state index is 10.4. The van der Waals surface area contributed by atoms with Gasteiger partial charge in [0.1, 0.15) is 0 Å². The fourth-order valence-corrected chi connectivity index (χ4v) is 1.26. The Morgan fingerprint density at radius 2 is 2.09 bits per heavy atom. The Balaban J connectivity index is 3.25. The Morgan fingerprint density at radius 3 is 2.55 bits per heavy atom. The molecule has 2 nitrogen and oxygen atoms in total.